The number of amides is 1. The van der Waals surface area contributed by atoms with Gasteiger partial charge >= 0.3 is 0 Å². The van der Waals surface area contributed by atoms with Crippen LogP contribution in [0.5, 0.6) is 0 Å². The van der Waals surface area contributed by atoms with E-state index in [1.807, 2.05) is 18.2 Å². The Hall–Kier alpha value is -1.85. The molecule has 0 bridgehead atoms. The zero-order valence-corrected chi connectivity index (χ0v) is 12.1. The van der Waals surface area contributed by atoms with E-state index in [0.717, 1.165) is 29.9 Å². The van der Waals surface area contributed by atoms with Crippen molar-refractivity contribution in [2.75, 3.05) is 23.8 Å². The highest BCUT2D eigenvalue weighted by atomic mass is 32.1. The van der Waals surface area contributed by atoms with Gasteiger partial charge in [-0.25, -0.2) is 0 Å². The third-order valence-corrected chi connectivity index (χ3v) is 4.56. The molecule has 0 fully saturated rings. The maximum Gasteiger partial charge on any atom is 0.245 e. The van der Waals surface area contributed by atoms with Gasteiger partial charge in [-0.3, -0.25) is 4.79 Å². The fourth-order valence-corrected chi connectivity index (χ4v) is 3.07. The predicted molar refractivity (Wildman–Crippen MR) is 83.3 cm³/mol. The highest BCUT2D eigenvalue weighted by Crippen LogP contribution is 2.32. The van der Waals surface area contributed by atoms with E-state index >= 15 is 0 Å². The molecule has 1 aliphatic heterocycles. The average molecular weight is 287 g/mol. The van der Waals surface area contributed by atoms with E-state index in [2.05, 4.69) is 34.8 Å². The molecule has 1 aromatic heterocycles. The van der Waals surface area contributed by atoms with Crippen LogP contribution in [0.25, 0.3) is 0 Å². The van der Waals surface area contributed by atoms with Crippen LogP contribution in [-0.4, -0.2) is 19.5 Å². The first-order chi connectivity index (χ1) is 9.65. The number of hydrogen-bond acceptors (Lipinski definition) is 4. The number of anilines is 2. The van der Waals surface area contributed by atoms with Crippen molar-refractivity contribution in [1.82, 2.24) is 0 Å². The van der Waals surface area contributed by atoms with Gasteiger partial charge in [0, 0.05) is 35.4 Å². The SMILES string of the molecule is CN(CCc1cccs1)c1ccc2c(c1)NC(=O)C2N. The molecule has 0 aliphatic carbocycles. The summed E-state index contributed by atoms with van der Waals surface area (Å²) < 4.78 is 0. The number of nitrogens with zero attached hydrogens (tertiary/aromatic N) is 1. The number of rotatable bonds is 4. The number of fused-ring (bicyclic) bond motifs is 1. The zero-order chi connectivity index (χ0) is 14.1. The van der Waals surface area contributed by atoms with Crippen LogP contribution in [-0.2, 0) is 11.2 Å². The molecule has 0 saturated heterocycles. The Balaban J connectivity index is 1.71. The number of nitrogens with two attached hydrogens (primary N) is 1. The maximum absolute atomic E-state index is 11.5. The van der Waals surface area contributed by atoms with Crippen molar-refractivity contribution in [2.45, 2.75) is 12.5 Å². The molecular weight excluding hydrogens is 270 g/mol. The van der Waals surface area contributed by atoms with Gasteiger partial charge in [-0.1, -0.05) is 12.1 Å². The lowest BCUT2D eigenvalue weighted by atomic mass is 10.1. The summed E-state index contributed by atoms with van der Waals surface area (Å²) in [5.41, 5.74) is 8.62. The second-order valence-electron chi connectivity index (χ2n) is 4.99. The molecule has 104 valence electrons. The van der Waals surface area contributed by atoms with Crippen LogP contribution in [0.4, 0.5) is 11.4 Å². The number of nitrogens with one attached hydrogen (secondary N) is 1. The first-order valence-corrected chi connectivity index (χ1v) is 7.47. The number of carbonyl (C=O) groups is 1. The van der Waals surface area contributed by atoms with E-state index in [1.54, 1.807) is 11.3 Å². The average Bonchev–Trinajstić information content (AvgIpc) is 3.05. The highest BCUT2D eigenvalue weighted by molar-refractivity contribution is 7.09. The Morgan fingerprint density at radius 2 is 2.25 bits per heavy atom. The van der Waals surface area contributed by atoms with Crippen LogP contribution in [0.1, 0.15) is 16.5 Å². The Morgan fingerprint density at radius 3 is 3.00 bits per heavy atom. The smallest absolute Gasteiger partial charge is 0.245 e. The number of hydrogen-bond donors (Lipinski definition) is 2. The van der Waals surface area contributed by atoms with Crippen molar-refractivity contribution >= 4 is 28.6 Å². The minimum absolute atomic E-state index is 0.126. The monoisotopic (exact) mass is 287 g/mol. The van der Waals surface area contributed by atoms with Gasteiger partial charge in [0.2, 0.25) is 5.91 Å². The highest BCUT2D eigenvalue weighted by Gasteiger charge is 2.27. The third-order valence-electron chi connectivity index (χ3n) is 3.63. The van der Waals surface area contributed by atoms with Crippen molar-refractivity contribution in [2.24, 2.45) is 5.73 Å². The molecule has 3 rings (SSSR count). The van der Waals surface area contributed by atoms with Gasteiger partial charge in [0.1, 0.15) is 6.04 Å². The Kier molecular flexibility index (Phi) is 3.46. The van der Waals surface area contributed by atoms with Crippen molar-refractivity contribution in [3.8, 4) is 0 Å². The Morgan fingerprint density at radius 1 is 1.40 bits per heavy atom. The normalized spacial score (nSPS) is 16.9. The molecule has 1 aliphatic rings. The van der Waals surface area contributed by atoms with Crippen LogP contribution >= 0.6 is 11.3 Å². The van der Waals surface area contributed by atoms with Crippen LogP contribution in [0.2, 0.25) is 0 Å². The topological polar surface area (TPSA) is 58.4 Å². The summed E-state index contributed by atoms with van der Waals surface area (Å²) in [6, 6.07) is 9.65. The molecule has 5 heteroatoms. The van der Waals surface area contributed by atoms with Crippen molar-refractivity contribution in [3.63, 3.8) is 0 Å². The van der Waals surface area contributed by atoms with Gasteiger partial charge in [-0.15, -0.1) is 11.3 Å². The molecular formula is C15H17N3OS. The second-order valence-corrected chi connectivity index (χ2v) is 6.02. The summed E-state index contributed by atoms with van der Waals surface area (Å²) in [5.74, 6) is -0.126. The molecule has 1 aromatic carbocycles. The van der Waals surface area contributed by atoms with Gasteiger partial charge in [0.15, 0.2) is 0 Å². The summed E-state index contributed by atoms with van der Waals surface area (Å²) >= 11 is 1.78. The second kappa shape index (κ2) is 5.26. The van der Waals surface area contributed by atoms with Crippen molar-refractivity contribution < 1.29 is 4.79 Å². The molecule has 1 unspecified atom stereocenters. The Bertz CT molecular complexity index is 624. The van der Waals surface area contributed by atoms with Crippen molar-refractivity contribution in [1.29, 1.82) is 0 Å². The van der Waals surface area contributed by atoms with Crippen LogP contribution in [0.3, 0.4) is 0 Å². The molecule has 20 heavy (non-hydrogen) atoms. The lowest BCUT2D eigenvalue weighted by molar-refractivity contribution is -0.116. The quantitative estimate of drug-likeness (QED) is 0.907. The Labute approximate surface area is 122 Å². The fourth-order valence-electron chi connectivity index (χ4n) is 2.37. The molecule has 0 radical (unpaired) electrons. The summed E-state index contributed by atoms with van der Waals surface area (Å²) in [7, 11) is 2.06. The van der Waals surface area contributed by atoms with E-state index in [4.69, 9.17) is 5.73 Å². The largest absolute Gasteiger partial charge is 0.374 e. The van der Waals surface area contributed by atoms with E-state index in [1.165, 1.54) is 4.88 Å². The number of thiophene rings is 1. The van der Waals surface area contributed by atoms with Crippen molar-refractivity contribution in [3.05, 3.63) is 46.2 Å². The number of carbonyl (C=O) groups excluding carboxylic acids is 1. The minimum atomic E-state index is -0.532. The lowest BCUT2D eigenvalue weighted by Gasteiger charge is -2.19. The molecule has 3 N–H and O–H groups in total. The molecule has 0 saturated carbocycles. The van der Waals surface area contributed by atoms with Crippen LogP contribution < -0.4 is 16.0 Å². The first kappa shape index (κ1) is 13.1. The van der Waals surface area contributed by atoms with Gasteiger partial charge < -0.3 is 16.0 Å². The fraction of sp³-hybridized carbons (Fsp3) is 0.267. The lowest BCUT2D eigenvalue weighted by Crippen LogP contribution is -2.20. The number of benzene rings is 1. The molecule has 1 atom stereocenters. The van der Waals surface area contributed by atoms with Gasteiger partial charge in [-0.05, 0) is 30.0 Å². The van der Waals surface area contributed by atoms with Crippen LogP contribution in [0, 0.1) is 0 Å². The number of likely N-dealkylation sites (N-methyl/N-ethyl adjacent to an activating group) is 1. The zero-order valence-electron chi connectivity index (χ0n) is 11.3. The minimum Gasteiger partial charge on any atom is -0.374 e. The van der Waals surface area contributed by atoms with E-state index < -0.39 is 6.04 Å². The van der Waals surface area contributed by atoms with E-state index in [0.29, 0.717) is 0 Å². The van der Waals surface area contributed by atoms with Gasteiger partial charge in [0.05, 0.1) is 0 Å². The molecule has 1 amide bonds. The van der Waals surface area contributed by atoms with Gasteiger partial charge in [0.25, 0.3) is 0 Å². The first-order valence-electron chi connectivity index (χ1n) is 6.59. The third kappa shape index (κ3) is 2.42. The van der Waals surface area contributed by atoms with Crippen LogP contribution in [0.15, 0.2) is 35.7 Å². The molecule has 2 heterocycles. The summed E-state index contributed by atoms with van der Waals surface area (Å²) in [6.07, 6.45) is 1.02. The molecule has 0 spiro atoms. The van der Waals surface area contributed by atoms with Gasteiger partial charge in [-0.2, -0.15) is 0 Å². The van der Waals surface area contributed by atoms with E-state index in [9.17, 15) is 4.79 Å². The summed E-state index contributed by atoms with van der Waals surface area (Å²) in [6.45, 7) is 0.944. The molecule has 4 nitrogen and oxygen atoms in total. The standard InChI is InChI=1S/C15H17N3OS/c1-18(7-6-11-3-2-8-20-11)10-4-5-12-13(9-10)17-15(19)14(12)16/h2-5,8-9,14H,6-7,16H2,1H3,(H,17,19). The predicted octanol–water partition coefficient (Wildman–Crippen LogP) is 2.38. The molecule has 2 aromatic rings. The maximum atomic E-state index is 11.5. The van der Waals surface area contributed by atoms with E-state index in [-0.39, 0.29) is 5.91 Å². The summed E-state index contributed by atoms with van der Waals surface area (Å²) in [4.78, 5) is 15.1. The summed E-state index contributed by atoms with van der Waals surface area (Å²) in [5, 5.41) is 4.92.